The van der Waals surface area contributed by atoms with E-state index in [0.717, 1.165) is 22.7 Å². The van der Waals surface area contributed by atoms with Crippen molar-refractivity contribution in [2.45, 2.75) is 93.8 Å². The molecule has 2 aromatic carbocycles. The van der Waals surface area contributed by atoms with Gasteiger partial charge in [0.15, 0.2) is 5.71 Å². The predicted molar refractivity (Wildman–Crippen MR) is 237 cm³/mol. The summed E-state index contributed by atoms with van der Waals surface area (Å²) < 4.78 is 138. The van der Waals surface area contributed by atoms with Gasteiger partial charge in [0.1, 0.15) is 16.7 Å². The summed E-state index contributed by atoms with van der Waals surface area (Å²) in [7, 11) is -17.2. The molecule has 0 radical (unpaired) electrons. The van der Waals surface area contributed by atoms with Gasteiger partial charge < -0.3 is 18.7 Å². The maximum atomic E-state index is 13.9. The molecule has 1 N–H and O–H groups in total. The van der Waals surface area contributed by atoms with Crippen molar-refractivity contribution >= 4 is 63.4 Å². The van der Waals surface area contributed by atoms with E-state index in [9.17, 15) is 52.1 Å². The molecule has 0 bridgehead atoms. The highest BCUT2D eigenvalue weighted by Gasteiger charge is 2.45. The quantitative estimate of drug-likeness (QED) is 0.0621. The highest BCUT2D eigenvalue weighted by Crippen LogP contribution is 2.48. The minimum absolute atomic E-state index is 0.117. The molecule has 63 heavy (non-hydrogen) atoms. The van der Waals surface area contributed by atoms with Crippen LogP contribution in [-0.4, -0.2) is 112 Å². The second kappa shape index (κ2) is 19.6. The highest BCUT2D eigenvalue weighted by molar-refractivity contribution is 7.89. The van der Waals surface area contributed by atoms with Crippen molar-refractivity contribution < 1.29 is 61.4 Å². The van der Waals surface area contributed by atoms with E-state index in [2.05, 4.69) is 0 Å². The van der Waals surface area contributed by atoms with Crippen LogP contribution in [0.1, 0.15) is 84.3 Å². The minimum atomic E-state index is -4.73. The minimum Gasteiger partial charge on any atom is -0.748 e. The van der Waals surface area contributed by atoms with Crippen molar-refractivity contribution in [3.05, 3.63) is 95.8 Å². The molecule has 346 valence electrons. The van der Waals surface area contributed by atoms with Gasteiger partial charge in [-0.2, -0.15) is 17.3 Å². The van der Waals surface area contributed by atoms with Crippen molar-refractivity contribution in [2.75, 3.05) is 49.2 Å². The lowest BCUT2D eigenvalue weighted by Crippen LogP contribution is -2.40. The van der Waals surface area contributed by atoms with Gasteiger partial charge in [-0.05, 0) is 94.8 Å². The fraction of sp³-hybridized carbons (Fsp3) is 0.488. The first-order chi connectivity index (χ1) is 29.3. The first kappa shape index (κ1) is 50.0. The van der Waals surface area contributed by atoms with Gasteiger partial charge in [-0.1, -0.05) is 44.2 Å². The molecule has 3 aliphatic rings. The van der Waals surface area contributed by atoms with E-state index in [1.165, 1.54) is 16.4 Å². The number of unbranched alkanes of at least 4 members (excludes halogenated alkanes) is 2. The molecule has 3 heterocycles. The third-order valence-electron chi connectivity index (χ3n) is 11.7. The number of carbonyl (C=O) groups is 1. The summed E-state index contributed by atoms with van der Waals surface area (Å²) in [4.78, 5) is 14.0. The van der Waals surface area contributed by atoms with Crippen molar-refractivity contribution in [3.63, 3.8) is 0 Å². The van der Waals surface area contributed by atoms with Crippen molar-refractivity contribution in [1.29, 1.82) is 0 Å². The molecule has 0 amide bonds. The Morgan fingerprint density at radius 3 is 2.06 bits per heavy atom. The van der Waals surface area contributed by atoms with Gasteiger partial charge in [-0.15, -0.1) is 0 Å². The topological polar surface area (TPSA) is 239 Å². The molecular formula is C43H56N3O13S4-. The summed E-state index contributed by atoms with van der Waals surface area (Å²) in [5.74, 6) is -1.59. The number of carbonyl (C=O) groups excluding carboxylic acids is 1. The fourth-order valence-electron chi connectivity index (χ4n) is 8.44. The summed E-state index contributed by atoms with van der Waals surface area (Å²) in [5.41, 5.74) is 2.94. The maximum Gasteiger partial charge on any atom is 0.309 e. The number of piperidine rings is 1. The molecule has 0 aromatic heterocycles. The average Bonchev–Trinajstić information content (AvgIpc) is 3.54. The zero-order valence-corrected chi connectivity index (χ0v) is 39.4. The molecule has 2 aromatic rings. The third-order valence-corrected chi connectivity index (χ3v) is 16.1. The molecular weight excluding hydrogens is 895 g/mol. The van der Waals surface area contributed by atoms with Crippen LogP contribution >= 0.6 is 0 Å². The molecule has 0 spiro atoms. The number of anilines is 1. The maximum absolute atomic E-state index is 13.9. The number of fused-ring (bicyclic) bond motifs is 2. The number of sulfonamides is 1. The fourth-order valence-corrected chi connectivity index (χ4v) is 11.6. The lowest BCUT2D eigenvalue weighted by atomic mass is 9.81. The Balaban J connectivity index is 1.38. The first-order valence-corrected chi connectivity index (χ1v) is 26.8. The van der Waals surface area contributed by atoms with Crippen molar-refractivity contribution in [2.24, 2.45) is 5.92 Å². The standard InChI is InChI=1S/C43H57N3O13S4/c1-6-59-41(47)32-22-26-44(27-23-32)62(54,55)33-18-20-37-35(30-33)42(2,3)39(45(37)24-12-14-28-60(48,49)50)16-10-8-7-9-11-17-40-43(4,5)36-31-34(63(56,57)58)19-21-38(36)46(40)25-13-15-29-61(51,52)53/h7-11,16-21,30-32H,6,12-15,22-29H2,1-5H3,(H2-,48,49,50,51,52,53,56,57,58)/p-1. The van der Waals surface area contributed by atoms with Gasteiger partial charge in [0.25, 0.3) is 10.1 Å². The van der Waals surface area contributed by atoms with E-state index in [1.54, 1.807) is 55.5 Å². The van der Waals surface area contributed by atoms with Crippen LogP contribution in [0.5, 0.6) is 0 Å². The van der Waals surface area contributed by atoms with E-state index in [4.69, 9.17) is 4.74 Å². The molecule has 1 fully saturated rings. The number of esters is 1. The second-order valence-corrected chi connectivity index (χ2v) is 23.2. The number of nitrogens with zero attached hydrogens (tertiary/aromatic N) is 3. The number of allylic oxidation sites excluding steroid dienone is 8. The lowest BCUT2D eigenvalue weighted by Gasteiger charge is -2.30. The normalized spacial score (nSPS) is 19.2. The number of hydrogen-bond acceptors (Lipinski definition) is 13. The number of rotatable bonds is 19. The lowest BCUT2D eigenvalue weighted by molar-refractivity contribution is -0.438. The summed E-state index contributed by atoms with van der Waals surface area (Å²) in [6.07, 6.45) is 14.6. The summed E-state index contributed by atoms with van der Waals surface area (Å²) >= 11 is 0. The van der Waals surface area contributed by atoms with Crippen LogP contribution in [0.15, 0.2) is 94.4 Å². The average molecular weight is 951 g/mol. The van der Waals surface area contributed by atoms with Crippen molar-refractivity contribution in [3.8, 4) is 0 Å². The zero-order valence-electron chi connectivity index (χ0n) is 36.1. The molecule has 16 nitrogen and oxygen atoms in total. The Morgan fingerprint density at radius 2 is 1.43 bits per heavy atom. The first-order valence-electron chi connectivity index (χ1n) is 20.7. The van der Waals surface area contributed by atoms with Gasteiger partial charge in [0.2, 0.25) is 15.7 Å². The summed E-state index contributed by atoms with van der Waals surface area (Å²) in [6, 6.07) is 9.15. The van der Waals surface area contributed by atoms with Gasteiger partial charge in [-0.25, -0.2) is 25.3 Å². The molecule has 0 unspecified atom stereocenters. The monoisotopic (exact) mass is 950 g/mol. The van der Waals surface area contributed by atoms with Crippen LogP contribution < -0.4 is 4.90 Å². The summed E-state index contributed by atoms with van der Waals surface area (Å²) in [6.45, 7) is 10.8. The van der Waals surface area contributed by atoms with Crippen LogP contribution in [-0.2, 0) is 60.7 Å². The SMILES string of the molecule is CCOC(=O)C1CCN(S(=O)(=O)c2ccc3c(c2)C(C)(C)C(/C=C/C=C/C=C/C=C2/N(CCCCS(=O)(=O)O)c4ccc(S(=O)(=O)[O-])cc4C2(C)C)=[N+]3CCCCS(=O)(=O)[O-])CC1. The van der Waals surface area contributed by atoms with E-state index < -0.39 is 62.7 Å². The molecule has 0 aliphatic carbocycles. The number of hydrogen-bond donors (Lipinski definition) is 1. The third kappa shape index (κ3) is 12.0. The highest BCUT2D eigenvalue weighted by atomic mass is 32.2. The van der Waals surface area contributed by atoms with E-state index in [-0.39, 0.29) is 54.2 Å². The zero-order chi connectivity index (χ0) is 46.6. The van der Waals surface area contributed by atoms with Gasteiger partial charge in [-0.3, -0.25) is 9.35 Å². The van der Waals surface area contributed by atoms with Crippen LogP contribution in [0.3, 0.4) is 0 Å². The Labute approximate surface area is 372 Å². The molecule has 5 rings (SSSR count). The largest absolute Gasteiger partial charge is 0.748 e. The Hall–Kier alpha value is -4.02. The van der Waals surface area contributed by atoms with Crippen molar-refractivity contribution in [1.82, 2.24) is 4.31 Å². The Bertz CT molecular complexity index is 2670. The Morgan fingerprint density at radius 1 is 0.810 bits per heavy atom. The molecule has 0 atom stereocenters. The van der Waals surface area contributed by atoms with Crippen LogP contribution in [0.25, 0.3) is 0 Å². The smallest absolute Gasteiger partial charge is 0.309 e. The van der Waals surface area contributed by atoms with Gasteiger partial charge in [0.05, 0.1) is 43.6 Å². The molecule has 3 aliphatic heterocycles. The second-order valence-electron chi connectivity index (χ2n) is 16.8. The summed E-state index contributed by atoms with van der Waals surface area (Å²) in [5, 5.41) is 0. The molecule has 1 saturated heterocycles. The van der Waals surface area contributed by atoms with Crippen LogP contribution in [0, 0.1) is 5.92 Å². The van der Waals surface area contributed by atoms with Crippen LogP contribution in [0.4, 0.5) is 11.4 Å². The Kier molecular flexibility index (Phi) is 15.6. The molecule has 0 saturated carbocycles. The predicted octanol–water partition coefficient (Wildman–Crippen LogP) is 5.27. The van der Waals surface area contributed by atoms with E-state index in [1.807, 2.05) is 55.4 Å². The van der Waals surface area contributed by atoms with Gasteiger partial charge >= 0.3 is 5.97 Å². The molecule has 20 heteroatoms. The van der Waals surface area contributed by atoms with Crippen LogP contribution in [0.2, 0.25) is 0 Å². The van der Waals surface area contributed by atoms with Gasteiger partial charge in [0, 0.05) is 66.3 Å². The number of benzene rings is 2. The van der Waals surface area contributed by atoms with E-state index in [0.29, 0.717) is 50.0 Å². The number of ether oxygens (including phenoxy) is 1. The van der Waals surface area contributed by atoms with E-state index >= 15 is 0 Å².